The standard InChI is InChI=1S/C22H21F3N2O3/c1-2-29-21(28)27-11-10-19(13-20(27)22(23,24)25)30-18-5-3-4-17(12-18)16-8-6-15(14-26)7-9-16/h3-9,12,19-20H,2,10-11,13H2,1H3. The number of alkyl halides is 3. The Kier molecular flexibility index (Phi) is 6.50. The Labute approximate surface area is 172 Å². The van der Waals surface area contributed by atoms with Crippen molar-refractivity contribution in [1.82, 2.24) is 4.90 Å². The van der Waals surface area contributed by atoms with Crippen molar-refractivity contribution in [3.63, 3.8) is 0 Å². The molecule has 0 saturated carbocycles. The number of benzene rings is 2. The van der Waals surface area contributed by atoms with Crippen LogP contribution >= 0.6 is 0 Å². The number of likely N-dealkylation sites (tertiary alicyclic amines) is 1. The van der Waals surface area contributed by atoms with Crippen LogP contribution in [0.3, 0.4) is 0 Å². The van der Waals surface area contributed by atoms with E-state index in [4.69, 9.17) is 14.7 Å². The molecule has 0 radical (unpaired) electrons. The van der Waals surface area contributed by atoms with Crippen molar-refractivity contribution in [3.05, 3.63) is 54.1 Å². The van der Waals surface area contributed by atoms with Gasteiger partial charge in [0.05, 0.1) is 18.2 Å². The molecule has 0 aromatic heterocycles. The lowest BCUT2D eigenvalue weighted by molar-refractivity contribution is -0.192. The summed E-state index contributed by atoms with van der Waals surface area (Å²) in [6.07, 6.45) is -6.30. The number of carbonyl (C=O) groups excluding carboxylic acids is 1. The fourth-order valence-corrected chi connectivity index (χ4v) is 3.45. The van der Waals surface area contributed by atoms with E-state index in [1.54, 1.807) is 49.4 Å². The maximum Gasteiger partial charge on any atom is 0.410 e. The van der Waals surface area contributed by atoms with Crippen LogP contribution in [0, 0.1) is 11.3 Å². The molecule has 3 rings (SSSR count). The minimum Gasteiger partial charge on any atom is -0.490 e. The van der Waals surface area contributed by atoms with Crippen LogP contribution < -0.4 is 4.74 Å². The van der Waals surface area contributed by atoms with Crippen molar-refractivity contribution < 1.29 is 27.4 Å². The maximum absolute atomic E-state index is 13.5. The van der Waals surface area contributed by atoms with Crippen LogP contribution in [0.4, 0.5) is 18.0 Å². The van der Waals surface area contributed by atoms with Gasteiger partial charge in [-0.15, -0.1) is 0 Å². The Balaban J connectivity index is 1.73. The molecule has 1 saturated heterocycles. The number of piperidine rings is 1. The lowest BCUT2D eigenvalue weighted by Gasteiger charge is -2.39. The van der Waals surface area contributed by atoms with Crippen LogP contribution in [0.15, 0.2) is 48.5 Å². The Bertz CT molecular complexity index is 922. The van der Waals surface area contributed by atoms with Gasteiger partial charge in [0.1, 0.15) is 17.9 Å². The first kappa shape index (κ1) is 21.5. The van der Waals surface area contributed by atoms with Gasteiger partial charge in [-0.25, -0.2) is 4.79 Å². The Morgan fingerprint density at radius 1 is 1.20 bits per heavy atom. The summed E-state index contributed by atoms with van der Waals surface area (Å²) in [5, 5.41) is 8.90. The fraction of sp³-hybridized carbons (Fsp3) is 0.364. The number of ether oxygens (including phenoxy) is 2. The van der Waals surface area contributed by atoms with Crippen LogP contribution in [0.5, 0.6) is 5.75 Å². The van der Waals surface area contributed by atoms with E-state index < -0.39 is 24.4 Å². The topological polar surface area (TPSA) is 62.6 Å². The summed E-state index contributed by atoms with van der Waals surface area (Å²) in [4.78, 5) is 12.6. The summed E-state index contributed by atoms with van der Waals surface area (Å²) < 4.78 is 51.2. The smallest absolute Gasteiger partial charge is 0.410 e. The summed E-state index contributed by atoms with van der Waals surface area (Å²) in [6, 6.07) is 14.2. The van der Waals surface area contributed by atoms with Crippen molar-refractivity contribution in [2.24, 2.45) is 0 Å². The second-order valence-electron chi connectivity index (χ2n) is 6.93. The van der Waals surface area contributed by atoms with Gasteiger partial charge < -0.3 is 9.47 Å². The lowest BCUT2D eigenvalue weighted by Crippen LogP contribution is -2.55. The van der Waals surface area contributed by atoms with Crippen molar-refractivity contribution in [3.8, 4) is 22.9 Å². The largest absolute Gasteiger partial charge is 0.490 e. The molecule has 0 bridgehead atoms. The molecule has 1 aliphatic rings. The maximum atomic E-state index is 13.5. The number of carbonyl (C=O) groups is 1. The third-order valence-corrected chi connectivity index (χ3v) is 4.92. The molecule has 1 aliphatic heterocycles. The van der Waals surface area contributed by atoms with Gasteiger partial charge in [-0.2, -0.15) is 18.4 Å². The lowest BCUT2D eigenvalue weighted by atomic mass is 9.99. The van der Waals surface area contributed by atoms with E-state index >= 15 is 0 Å². The average Bonchev–Trinajstić information content (AvgIpc) is 2.73. The Morgan fingerprint density at radius 2 is 1.93 bits per heavy atom. The SMILES string of the molecule is CCOC(=O)N1CCC(Oc2cccc(-c3ccc(C#N)cc3)c2)CC1C(F)(F)F. The third kappa shape index (κ3) is 5.03. The first-order valence-electron chi connectivity index (χ1n) is 9.59. The highest BCUT2D eigenvalue weighted by molar-refractivity contribution is 5.68. The molecule has 2 unspecified atom stereocenters. The van der Waals surface area contributed by atoms with Crippen LogP contribution in [0.1, 0.15) is 25.3 Å². The highest BCUT2D eigenvalue weighted by Crippen LogP contribution is 2.34. The average molecular weight is 418 g/mol. The number of amides is 1. The highest BCUT2D eigenvalue weighted by Gasteiger charge is 2.49. The van der Waals surface area contributed by atoms with Crippen molar-refractivity contribution in [2.75, 3.05) is 13.2 Å². The zero-order chi connectivity index (χ0) is 21.7. The second kappa shape index (κ2) is 9.08. The predicted molar refractivity (Wildman–Crippen MR) is 104 cm³/mol. The van der Waals surface area contributed by atoms with Gasteiger partial charge in [0.25, 0.3) is 0 Å². The van der Waals surface area contributed by atoms with E-state index in [9.17, 15) is 18.0 Å². The number of hydrogen-bond acceptors (Lipinski definition) is 4. The van der Waals surface area contributed by atoms with Gasteiger partial charge in [-0.3, -0.25) is 4.90 Å². The summed E-state index contributed by atoms with van der Waals surface area (Å²) in [5.74, 6) is 0.451. The summed E-state index contributed by atoms with van der Waals surface area (Å²) >= 11 is 0. The van der Waals surface area contributed by atoms with Crippen LogP contribution in [-0.2, 0) is 4.74 Å². The first-order valence-corrected chi connectivity index (χ1v) is 9.59. The molecular weight excluding hydrogens is 397 g/mol. The van der Waals surface area contributed by atoms with E-state index in [1.807, 2.05) is 6.07 Å². The molecule has 158 valence electrons. The molecule has 1 fully saturated rings. The molecule has 2 aromatic carbocycles. The molecule has 1 heterocycles. The van der Waals surface area contributed by atoms with Crippen molar-refractivity contribution in [2.45, 2.75) is 38.1 Å². The van der Waals surface area contributed by atoms with Gasteiger partial charge in [-0.05, 0) is 42.3 Å². The van der Waals surface area contributed by atoms with E-state index in [0.29, 0.717) is 11.3 Å². The van der Waals surface area contributed by atoms with E-state index in [1.165, 1.54) is 0 Å². The molecule has 2 atom stereocenters. The Morgan fingerprint density at radius 3 is 2.57 bits per heavy atom. The molecule has 0 aliphatic carbocycles. The molecule has 0 spiro atoms. The van der Waals surface area contributed by atoms with Gasteiger partial charge >= 0.3 is 12.3 Å². The minimum atomic E-state index is -4.57. The number of hydrogen-bond donors (Lipinski definition) is 0. The molecule has 1 amide bonds. The van der Waals surface area contributed by atoms with E-state index in [0.717, 1.165) is 16.0 Å². The number of nitrogens with zero attached hydrogens (tertiary/aromatic N) is 2. The molecule has 2 aromatic rings. The third-order valence-electron chi connectivity index (χ3n) is 4.92. The van der Waals surface area contributed by atoms with Crippen molar-refractivity contribution >= 4 is 6.09 Å². The number of rotatable bonds is 4. The summed E-state index contributed by atoms with van der Waals surface area (Å²) in [7, 11) is 0. The van der Waals surface area contributed by atoms with Crippen LogP contribution in [0.25, 0.3) is 11.1 Å². The van der Waals surface area contributed by atoms with Gasteiger partial charge in [0, 0.05) is 19.4 Å². The zero-order valence-corrected chi connectivity index (χ0v) is 16.4. The molecule has 0 N–H and O–H groups in total. The normalized spacial score (nSPS) is 19.1. The monoisotopic (exact) mass is 418 g/mol. The van der Waals surface area contributed by atoms with E-state index in [2.05, 4.69) is 6.07 Å². The quantitative estimate of drug-likeness (QED) is 0.688. The van der Waals surface area contributed by atoms with Gasteiger partial charge in [0.2, 0.25) is 0 Å². The van der Waals surface area contributed by atoms with E-state index in [-0.39, 0.29) is 26.0 Å². The number of halogens is 3. The van der Waals surface area contributed by atoms with Gasteiger partial charge in [-0.1, -0.05) is 24.3 Å². The summed E-state index contributed by atoms with van der Waals surface area (Å²) in [6.45, 7) is 1.47. The number of nitriles is 1. The first-order chi connectivity index (χ1) is 14.3. The predicted octanol–water partition coefficient (Wildman–Crippen LogP) is 5.16. The van der Waals surface area contributed by atoms with Crippen LogP contribution in [-0.4, -0.2) is 42.5 Å². The fourth-order valence-electron chi connectivity index (χ4n) is 3.45. The molecular formula is C22H21F3N2O3. The highest BCUT2D eigenvalue weighted by atomic mass is 19.4. The van der Waals surface area contributed by atoms with Crippen molar-refractivity contribution in [1.29, 1.82) is 5.26 Å². The molecule has 8 heteroatoms. The minimum absolute atomic E-state index is 0.0159. The summed E-state index contributed by atoms with van der Waals surface area (Å²) in [5.41, 5.74) is 2.23. The Hall–Kier alpha value is -3.21. The zero-order valence-electron chi connectivity index (χ0n) is 16.4. The van der Waals surface area contributed by atoms with Crippen LogP contribution in [0.2, 0.25) is 0 Å². The molecule has 30 heavy (non-hydrogen) atoms. The second-order valence-corrected chi connectivity index (χ2v) is 6.93. The van der Waals surface area contributed by atoms with Gasteiger partial charge in [0.15, 0.2) is 0 Å². The molecule has 5 nitrogen and oxygen atoms in total.